The summed E-state index contributed by atoms with van der Waals surface area (Å²) >= 11 is 0. The van der Waals surface area contributed by atoms with Crippen LogP contribution in [0.2, 0.25) is 0 Å². The largest absolute Gasteiger partial charge is 0.483 e. The highest BCUT2D eigenvalue weighted by Gasteiger charge is 2.29. The van der Waals surface area contributed by atoms with Crippen molar-refractivity contribution >= 4 is 11.8 Å². The summed E-state index contributed by atoms with van der Waals surface area (Å²) in [4.78, 5) is 27.6. The second kappa shape index (κ2) is 9.79. The highest BCUT2D eigenvalue weighted by molar-refractivity contribution is 5.88. The Bertz CT molecular complexity index is 900. The maximum atomic E-state index is 13.2. The third kappa shape index (κ3) is 6.34. The first-order valence-corrected chi connectivity index (χ1v) is 10.3. The normalized spacial score (nSPS) is 12.2. The Labute approximate surface area is 180 Å². The van der Waals surface area contributed by atoms with Crippen LogP contribution in [0.15, 0.2) is 42.5 Å². The fraction of sp³-hybridized carbons (Fsp3) is 0.440. The van der Waals surface area contributed by atoms with Crippen LogP contribution >= 0.6 is 0 Å². The van der Waals surface area contributed by atoms with E-state index >= 15 is 0 Å². The van der Waals surface area contributed by atoms with Crippen molar-refractivity contribution in [3.8, 4) is 5.75 Å². The lowest BCUT2D eigenvalue weighted by Crippen LogP contribution is -2.53. The molecular weight excluding hydrogens is 376 g/mol. The molecule has 0 spiro atoms. The summed E-state index contributed by atoms with van der Waals surface area (Å²) in [5.41, 5.74) is 3.82. The number of carbonyl (C=O) groups excluding carboxylic acids is 2. The molecule has 30 heavy (non-hydrogen) atoms. The summed E-state index contributed by atoms with van der Waals surface area (Å²) in [6.45, 7) is 13.7. The molecule has 1 N–H and O–H groups in total. The first-order valence-electron chi connectivity index (χ1n) is 10.3. The van der Waals surface area contributed by atoms with E-state index < -0.39 is 6.04 Å². The number of ether oxygens (including phenoxy) is 1. The minimum absolute atomic E-state index is 0.122. The molecule has 0 aromatic heterocycles. The number of carbonyl (C=O) groups is 2. The van der Waals surface area contributed by atoms with Crippen LogP contribution < -0.4 is 10.1 Å². The standard InChI is InChI=1S/C25H34N2O3/c1-17-12-10-14-22(19(17)3)30-16-23(28)27(15-21-13-9-8-11-18(21)2)20(4)24(29)26-25(5,6)7/h8-14,20H,15-16H2,1-7H3,(H,26,29). The number of rotatable bonds is 7. The van der Waals surface area contributed by atoms with Gasteiger partial charge in [0, 0.05) is 12.1 Å². The van der Waals surface area contributed by atoms with E-state index in [-0.39, 0.29) is 24.0 Å². The molecule has 2 amide bonds. The molecule has 2 aromatic carbocycles. The van der Waals surface area contributed by atoms with E-state index in [9.17, 15) is 9.59 Å². The number of benzene rings is 2. The molecular formula is C25H34N2O3. The molecule has 1 atom stereocenters. The van der Waals surface area contributed by atoms with Gasteiger partial charge in [0.15, 0.2) is 6.61 Å². The molecule has 0 heterocycles. The first kappa shape index (κ1) is 23.5. The van der Waals surface area contributed by atoms with Gasteiger partial charge in [0.1, 0.15) is 11.8 Å². The van der Waals surface area contributed by atoms with Crippen molar-refractivity contribution in [2.45, 2.75) is 66.6 Å². The number of nitrogens with zero attached hydrogens (tertiary/aromatic N) is 1. The SMILES string of the molecule is Cc1ccccc1CN(C(=O)COc1cccc(C)c1C)C(C)C(=O)NC(C)(C)C. The number of amides is 2. The summed E-state index contributed by atoms with van der Waals surface area (Å²) in [5.74, 6) is 0.276. The Morgan fingerprint density at radius 1 is 1.00 bits per heavy atom. The van der Waals surface area contributed by atoms with Crippen molar-refractivity contribution in [2.75, 3.05) is 6.61 Å². The molecule has 0 fully saturated rings. The van der Waals surface area contributed by atoms with Crippen LogP contribution in [-0.2, 0) is 16.1 Å². The lowest BCUT2D eigenvalue weighted by Gasteiger charge is -2.31. The zero-order chi connectivity index (χ0) is 22.5. The molecule has 0 bridgehead atoms. The molecule has 0 radical (unpaired) electrons. The Morgan fingerprint density at radius 2 is 1.63 bits per heavy atom. The average Bonchev–Trinajstić information content (AvgIpc) is 2.66. The average molecular weight is 411 g/mol. The fourth-order valence-corrected chi connectivity index (χ4v) is 3.13. The molecule has 0 aliphatic heterocycles. The molecule has 0 aliphatic carbocycles. The summed E-state index contributed by atoms with van der Waals surface area (Å²) in [6.07, 6.45) is 0. The lowest BCUT2D eigenvalue weighted by atomic mass is 10.1. The summed E-state index contributed by atoms with van der Waals surface area (Å²) in [7, 11) is 0. The van der Waals surface area contributed by atoms with Crippen molar-refractivity contribution in [2.24, 2.45) is 0 Å². The third-order valence-electron chi connectivity index (χ3n) is 5.17. The van der Waals surface area contributed by atoms with E-state index in [0.717, 1.165) is 22.3 Å². The Morgan fingerprint density at radius 3 is 2.27 bits per heavy atom. The fourth-order valence-electron chi connectivity index (χ4n) is 3.13. The van der Waals surface area contributed by atoms with Gasteiger partial charge in [0.05, 0.1) is 0 Å². The van der Waals surface area contributed by atoms with Crippen molar-refractivity contribution in [3.63, 3.8) is 0 Å². The monoisotopic (exact) mass is 410 g/mol. The smallest absolute Gasteiger partial charge is 0.261 e. The van der Waals surface area contributed by atoms with Crippen molar-refractivity contribution in [3.05, 3.63) is 64.7 Å². The molecule has 5 heteroatoms. The van der Waals surface area contributed by atoms with Gasteiger partial charge in [0.25, 0.3) is 5.91 Å². The maximum Gasteiger partial charge on any atom is 0.261 e. The second-order valence-electron chi connectivity index (χ2n) is 8.85. The topological polar surface area (TPSA) is 58.6 Å². The van der Waals surface area contributed by atoms with Crippen LogP contribution in [0.3, 0.4) is 0 Å². The molecule has 0 saturated carbocycles. The van der Waals surface area contributed by atoms with Crippen LogP contribution in [-0.4, -0.2) is 34.9 Å². The van der Waals surface area contributed by atoms with E-state index in [4.69, 9.17) is 4.74 Å². The first-order chi connectivity index (χ1) is 14.0. The van der Waals surface area contributed by atoms with E-state index in [1.165, 1.54) is 0 Å². The molecule has 2 rings (SSSR count). The second-order valence-corrected chi connectivity index (χ2v) is 8.85. The number of hydrogen-bond donors (Lipinski definition) is 1. The highest BCUT2D eigenvalue weighted by Crippen LogP contribution is 2.21. The van der Waals surface area contributed by atoms with Gasteiger partial charge in [-0.1, -0.05) is 36.4 Å². The lowest BCUT2D eigenvalue weighted by molar-refractivity contribution is -0.142. The van der Waals surface area contributed by atoms with Crippen LogP contribution in [0.25, 0.3) is 0 Å². The minimum Gasteiger partial charge on any atom is -0.483 e. The molecule has 5 nitrogen and oxygen atoms in total. The zero-order valence-corrected chi connectivity index (χ0v) is 19.2. The van der Waals surface area contributed by atoms with E-state index in [2.05, 4.69) is 5.32 Å². The quantitative estimate of drug-likeness (QED) is 0.739. The van der Waals surface area contributed by atoms with E-state index in [1.807, 2.05) is 84.0 Å². The summed E-state index contributed by atoms with van der Waals surface area (Å²) < 4.78 is 5.84. The molecule has 2 aromatic rings. The zero-order valence-electron chi connectivity index (χ0n) is 19.2. The van der Waals surface area contributed by atoms with Gasteiger partial charge in [-0.3, -0.25) is 9.59 Å². The van der Waals surface area contributed by atoms with Crippen molar-refractivity contribution in [1.82, 2.24) is 10.2 Å². The third-order valence-corrected chi connectivity index (χ3v) is 5.17. The van der Waals surface area contributed by atoms with Gasteiger partial charge in [0.2, 0.25) is 5.91 Å². The van der Waals surface area contributed by atoms with E-state index in [1.54, 1.807) is 11.8 Å². The number of hydrogen-bond acceptors (Lipinski definition) is 3. The maximum absolute atomic E-state index is 13.2. The predicted octanol–water partition coefficient (Wildman–Crippen LogP) is 4.32. The Kier molecular flexibility index (Phi) is 7.65. The summed E-state index contributed by atoms with van der Waals surface area (Å²) in [6, 6.07) is 13.0. The van der Waals surface area contributed by atoms with Crippen LogP contribution in [0.1, 0.15) is 49.9 Å². The predicted molar refractivity (Wildman–Crippen MR) is 120 cm³/mol. The highest BCUT2D eigenvalue weighted by atomic mass is 16.5. The summed E-state index contributed by atoms with van der Waals surface area (Å²) in [5, 5.41) is 2.97. The van der Waals surface area contributed by atoms with Gasteiger partial charge in [-0.05, 0) is 76.8 Å². The Balaban J connectivity index is 2.22. The number of aryl methyl sites for hydroxylation is 2. The molecule has 1 unspecified atom stereocenters. The Hall–Kier alpha value is -2.82. The van der Waals surface area contributed by atoms with Gasteiger partial charge < -0.3 is 15.0 Å². The van der Waals surface area contributed by atoms with Crippen LogP contribution in [0.5, 0.6) is 5.75 Å². The minimum atomic E-state index is -0.626. The molecule has 162 valence electrons. The molecule has 0 aliphatic rings. The van der Waals surface area contributed by atoms with Gasteiger partial charge in [-0.2, -0.15) is 0 Å². The van der Waals surface area contributed by atoms with E-state index in [0.29, 0.717) is 12.3 Å². The van der Waals surface area contributed by atoms with Gasteiger partial charge in [-0.25, -0.2) is 0 Å². The van der Waals surface area contributed by atoms with Crippen LogP contribution in [0.4, 0.5) is 0 Å². The van der Waals surface area contributed by atoms with Gasteiger partial charge >= 0.3 is 0 Å². The van der Waals surface area contributed by atoms with Crippen LogP contribution in [0, 0.1) is 20.8 Å². The van der Waals surface area contributed by atoms with Gasteiger partial charge in [-0.15, -0.1) is 0 Å². The number of nitrogens with one attached hydrogen (secondary N) is 1. The van der Waals surface area contributed by atoms with Crippen molar-refractivity contribution in [1.29, 1.82) is 0 Å². The van der Waals surface area contributed by atoms with Crippen molar-refractivity contribution < 1.29 is 14.3 Å². The molecule has 0 saturated heterocycles.